The van der Waals surface area contributed by atoms with Crippen molar-refractivity contribution in [3.63, 3.8) is 0 Å². The second-order valence-corrected chi connectivity index (χ2v) is 11.3. The van der Waals surface area contributed by atoms with Gasteiger partial charge in [-0.3, -0.25) is 9.69 Å². The van der Waals surface area contributed by atoms with Crippen molar-refractivity contribution < 1.29 is 27.4 Å². The Morgan fingerprint density at radius 2 is 2.03 bits per heavy atom. The average molecular weight is 512 g/mol. The van der Waals surface area contributed by atoms with Gasteiger partial charge >= 0.3 is 6.18 Å². The fourth-order valence-electron chi connectivity index (χ4n) is 4.07. The van der Waals surface area contributed by atoms with Crippen LogP contribution in [0.5, 0.6) is 5.75 Å². The van der Waals surface area contributed by atoms with E-state index in [0.717, 1.165) is 42.8 Å². The summed E-state index contributed by atoms with van der Waals surface area (Å²) in [4.78, 5) is 21.2. The average Bonchev–Trinajstić information content (AvgIpc) is 3.42. The van der Waals surface area contributed by atoms with Crippen LogP contribution in [0.3, 0.4) is 0 Å². The molecule has 2 atom stereocenters. The van der Waals surface area contributed by atoms with Crippen LogP contribution in [0.2, 0.25) is 0 Å². The van der Waals surface area contributed by atoms with E-state index >= 15 is 0 Å². The lowest BCUT2D eigenvalue weighted by atomic mass is 9.95. The molecule has 2 aromatic rings. The van der Waals surface area contributed by atoms with E-state index < -0.39 is 17.6 Å². The Morgan fingerprint density at radius 1 is 1.26 bits per heavy atom. The summed E-state index contributed by atoms with van der Waals surface area (Å²) in [6, 6.07) is 3.18. The fourth-order valence-corrected chi connectivity index (χ4v) is 5.12. The molecule has 0 saturated carbocycles. The first-order valence-electron chi connectivity index (χ1n) is 11.9. The smallest absolute Gasteiger partial charge is 0.416 e. The largest absolute Gasteiger partial charge is 0.491 e. The van der Waals surface area contributed by atoms with Crippen molar-refractivity contribution in [2.24, 2.45) is 4.99 Å². The number of likely N-dealkylation sites (tertiary alicyclic amines) is 1. The second-order valence-electron chi connectivity index (χ2n) is 10.3. The van der Waals surface area contributed by atoms with E-state index in [1.54, 1.807) is 0 Å². The monoisotopic (exact) mass is 511 g/mol. The number of carbonyl (C=O) groups excluding carboxylic acids is 1. The molecule has 35 heavy (non-hydrogen) atoms. The lowest BCUT2D eigenvalue weighted by Gasteiger charge is -2.37. The van der Waals surface area contributed by atoms with E-state index in [0.29, 0.717) is 24.6 Å². The van der Waals surface area contributed by atoms with E-state index in [2.05, 4.69) is 30.7 Å². The van der Waals surface area contributed by atoms with Gasteiger partial charge in [0.1, 0.15) is 12.4 Å². The highest BCUT2D eigenvalue weighted by atomic mass is 32.1. The molecule has 0 unspecified atom stereocenters. The maximum absolute atomic E-state index is 13.4. The third kappa shape index (κ3) is 6.16. The Labute approximate surface area is 207 Å². The molecular weight excluding hydrogens is 479 g/mol. The maximum Gasteiger partial charge on any atom is 0.416 e. The first-order valence-corrected chi connectivity index (χ1v) is 12.7. The molecule has 1 aromatic heterocycles. The first-order chi connectivity index (χ1) is 16.4. The molecule has 0 N–H and O–H groups in total. The summed E-state index contributed by atoms with van der Waals surface area (Å²) in [6.07, 6.45) is 0.256. The third-order valence-electron chi connectivity index (χ3n) is 6.49. The standard InChI is InChI=1S/C25H32F3N3O3S/c1-24(2,3)21-14-31(13-18-6-5-11-33-18)23(35-21)29-22(32)19-12-16(25(26,27)28)7-8-20(19)34-15-17-9-10-30(17)4/h7-8,12,14,17-18H,5-6,9-11,13,15H2,1-4H3/t17-,18+/m0/s1. The molecule has 0 radical (unpaired) electrons. The van der Waals surface area contributed by atoms with Gasteiger partial charge in [0.2, 0.25) is 0 Å². The second kappa shape index (κ2) is 10.1. The highest BCUT2D eigenvalue weighted by Crippen LogP contribution is 2.33. The summed E-state index contributed by atoms with van der Waals surface area (Å²) in [7, 11) is 1.96. The minimum absolute atomic E-state index is 0.0263. The molecule has 1 aromatic carbocycles. The SMILES string of the molecule is CN1CC[C@H]1COc1ccc(C(F)(F)F)cc1C(=O)N=c1sc(C(C)(C)C)cn1C[C@H]1CCCO1. The number of amides is 1. The lowest BCUT2D eigenvalue weighted by molar-refractivity contribution is -0.137. The van der Waals surface area contributed by atoms with Crippen LogP contribution in [0.4, 0.5) is 13.2 Å². The number of rotatable bonds is 6. The molecule has 0 bridgehead atoms. The number of benzene rings is 1. The van der Waals surface area contributed by atoms with Crippen LogP contribution < -0.4 is 9.54 Å². The number of carbonyl (C=O) groups is 1. The zero-order valence-corrected chi connectivity index (χ0v) is 21.3. The number of thiazole rings is 1. The molecule has 10 heteroatoms. The van der Waals surface area contributed by atoms with Gasteiger partial charge < -0.3 is 14.0 Å². The number of halogens is 3. The summed E-state index contributed by atoms with van der Waals surface area (Å²) in [5.41, 5.74) is -1.26. The molecule has 0 aliphatic carbocycles. The predicted molar refractivity (Wildman–Crippen MR) is 128 cm³/mol. The Hall–Kier alpha value is -2.17. The van der Waals surface area contributed by atoms with Gasteiger partial charge in [-0.2, -0.15) is 18.2 Å². The first kappa shape index (κ1) is 25.9. The number of alkyl halides is 3. The van der Waals surface area contributed by atoms with Crippen LogP contribution >= 0.6 is 11.3 Å². The van der Waals surface area contributed by atoms with E-state index in [1.807, 2.05) is 17.8 Å². The van der Waals surface area contributed by atoms with Crippen molar-refractivity contribution in [1.29, 1.82) is 0 Å². The quantitative estimate of drug-likeness (QED) is 0.556. The molecule has 2 aliphatic heterocycles. The molecule has 0 spiro atoms. The Morgan fingerprint density at radius 3 is 2.60 bits per heavy atom. The third-order valence-corrected chi connectivity index (χ3v) is 7.93. The number of ether oxygens (including phenoxy) is 2. The minimum atomic E-state index is -4.58. The van der Waals surface area contributed by atoms with Crippen LogP contribution in [0.25, 0.3) is 0 Å². The molecule has 2 saturated heterocycles. The van der Waals surface area contributed by atoms with Gasteiger partial charge in [-0.25, -0.2) is 0 Å². The van der Waals surface area contributed by atoms with Gasteiger partial charge in [-0.1, -0.05) is 20.8 Å². The number of nitrogens with zero attached hydrogens (tertiary/aromatic N) is 3. The number of hydrogen-bond donors (Lipinski definition) is 0. The number of likely N-dealkylation sites (N-methyl/N-ethyl adjacent to an activating group) is 1. The lowest BCUT2D eigenvalue weighted by Crippen LogP contribution is -2.48. The van der Waals surface area contributed by atoms with Gasteiger partial charge in [0.25, 0.3) is 5.91 Å². The summed E-state index contributed by atoms with van der Waals surface area (Å²) < 4.78 is 53.8. The zero-order chi connectivity index (χ0) is 25.4. The predicted octanol–water partition coefficient (Wildman–Crippen LogP) is 4.87. The number of hydrogen-bond acceptors (Lipinski definition) is 5. The fraction of sp³-hybridized carbons (Fsp3) is 0.600. The van der Waals surface area contributed by atoms with Crippen LogP contribution in [0.15, 0.2) is 29.4 Å². The Kier molecular flexibility index (Phi) is 7.45. The molecule has 1 amide bonds. The van der Waals surface area contributed by atoms with E-state index in [-0.39, 0.29) is 28.9 Å². The summed E-state index contributed by atoms with van der Waals surface area (Å²) in [5, 5.41) is 0. The molecule has 2 fully saturated rings. The summed E-state index contributed by atoms with van der Waals surface area (Å²) in [6.45, 7) is 8.69. The molecule has 3 heterocycles. The van der Waals surface area contributed by atoms with Gasteiger partial charge in [-0.15, -0.1) is 11.3 Å². The van der Waals surface area contributed by atoms with Crippen molar-refractivity contribution in [2.75, 3.05) is 26.8 Å². The molecule has 4 rings (SSSR count). The van der Waals surface area contributed by atoms with Gasteiger partial charge in [0, 0.05) is 23.7 Å². The van der Waals surface area contributed by atoms with Gasteiger partial charge in [-0.05, 0) is 56.5 Å². The normalized spacial score (nSPS) is 21.9. The maximum atomic E-state index is 13.4. The van der Waals surface area contributed by atoms with Crippen LogP contribution in [0.1, 0.15) is 60.8 Å². The van der Waals surface area contributed by atoms with Crippen LogP contribution in [-0.4, -0.2) is 54.3 Å². The van der Waals surface area contributed by atoms with Crippen molar-refractivity contribution in [1.82, 2.24) is 9.47 Å². The zero-order valence-electron chi connectivity index (χ0n) is 20.5. The van der Waals surface area contributed by atoms with E-state index in [9.17, 15) is 18.0 Å². The summed E-state index contributed by atoms with van der Waals surface area (Å²) >= 11 is 1.37. The minimum Gasteiger partial charge on any atom is -0.491 e. The highest BCUT2D eigenvalue weighted by Gasteiger charge is 2.33. The Balaban J connectivity index is 1.70. The van der Waals surface area contributed by atoms with Crippen LogP contribution in [0, 0.1) is 0 Å². The highest BCUT2D eigenvalue weighted by molar-refractivity contribution is 7.09. The number of aromatic nitrogens is 1. The molecule has 2 aliphatic rings. The van der Waals surface area contributed by atoms with E-state index in [4.69, 9.17) is 9.47 Å². The molecular formula is C25H32F3N3O3S. The van der Waals surface area contributed by atoms with Crippen molar-refractivity contribution >= 4 is 17.2 Å². The van der Waals surface area contributed by atoms with Crippen molar-refractivity contribution in [3.8, 4) is 5.75 Å². The topological polar surface area (TPSA) is 56.1 Å². The Bertz CT molecular complexity index is 1130. The summed E-state index contributed by atoms with van der Waals surface area (Å²) in [5.74, 6) is -0.637. The van der Waals surface area contributed by atoms with Crippen molar-refractivity contribution in [2.45, 2.75) is 70.3 Å². The van der Waals surface area contributed by atoms with E-state index in [1.165, 1.54) is 17.4 Å². The van der Waals surface area contributed by atoms with Gasteiger partial charge in [0.05, 0.1) is 23.8 Å². The van der Waals surface area contributed by atoms with Crippen molar-refractivity contribution in [3.05, 3.63) is 45.2 Å². The van der Waals surface area contributed by atoms with Gasteiger partial charge in [0.15, 0.2) is 4.80 Å². The molecule has 192 valence electrons. The van der Waals surface area contributed by atoms with Crippen LogP contribution in [-0.2, 0) is 22.9 Å². The molecule has 6 nitrogen and oxygen atoms in total.